The molecule has 0 aromatic heterocycles. The normalized spacial score (nSPS) is 14.4. The highest BCUT2D eigenvalue weighted by Gasteiger charge is 2.14. The fraction of sp³-hybridized carbons (Fsp3) is 0.636. The first-order valence-electron chi connectivity index (χ1n) is 10.4. The minimum Gasteiger partial charge on any atom is -0.497 e. The Labute approximate surface area is 169 Å². The van der Waals surface area contributed by atoms with Crippen molar-refractivity contribution in [2.24, 2.45) is 15.2 Å². The van der Waals surface area contributed by atoms with Crippen LogP contribution in [0.5, 0.6) is 5.75 Å². The zero-order chi connectivity index (χ0) is 19.3. The molecule has 5 heteroatoms. The minimum absolute atomic E-state index is 0.359. The lowest BCUT2D eigenvalue weighted by molar-refractivity contribution is 0.413. The molecule has 4 nitrogen and oxygen atoms in total. The third-order valence-corrected chi connectivity index (χ3v) is 5.32. The summed E-state index contributed by atoms with van der Waals surface area (Å²) < 4.78 is 5.42. The fourth-order valence-corrected chi connectivity index (χ4v) is 3.74. The number of hydrogen-bond acceptors (Lipinski definition) is 3. The van der Waals surface area contributed by atoms with Gasteiger partial charge in [0.05, 0.1) is 7.11 Å². The van der Waals surface area contributed by atoms with Crippen molar-refractivity contribution in [1.29, 1.82) is 0 Å². The van der Waals surface area contributed by atoms with Gasteiger partial charge in [0.1, 0.15) is 5.75 Å². The van der Waals surface area contributed by atoms with Gasteiger partial charge in [0.2, 0.25) is 5.11 Å². The third-order valence-electron chi connectivity index (χ3n) is 5.15. The first kappa shape index (κ1) is 21.7. The van der Waals surface area contributed by atoms with Crippen molar-refractivity contribution in [1.82, 2.24) is 0 Å². The van der Waals surface area contributed by atoms with E-state index >= 15 is 0 Å². The monoisotopic (exact) mass is 387 g/mol. The summed E-state index contributed by atoms with van der Waals surface area (Å²) in [5.74, 6) is 2.28. The van der Waals surface area contributed by atoms with E-state index in [0.717, 1.165) is 30.8 Å². The van der Waals surface area contributed by atoms with E-state index in [1.165, 1.54) is 56.9 Å². The highest BCUT2D eigenvalue weighted by atomic mass is 32.1. The maximum Gasteiger partial charge on any atom is 0.241 e. The topological polar surface area (TPSA) is 46.3 Å². The van der Waals surface area contributed by atoms with Crippen molar-refractivity contribution >= 4 is 23.2 Å². The van der Waals surface area contributed by atoms with Crippen molar-refractivity contribution in [2.75, 3.05) is 7.11 Å². The van der Waals surface area contributed by atoms with E-state index in [1.54, 1.807) is 7.11 Å². The maximum absolute atomic E-state index is 5.42. The van der Waals surface area contributed by atoms with Gasteiger partial charge in [-0.2, -0.15) is 4.99 Å². The number of azo groups is 1. The van der Waals surface area contributed by atoms with Crippen LogP contribution in [0.15, 0.2) is 39.5 Å². The molecule has 1 aliphatic rings. The highest BCUT2D eigenvalue weighted by molar-refractivity contribution is 7.80. The number of aliphatic imine (C=N–C) groups is 1. The van der Waals surface area contributed by atoms with Crippen LogP contribution in [0.3, 0.4) is 0 Å². The van der Waals surface area contributed by atoms with Gasteiger partial charge in [-0.3, -0.25) is 0 Å². The molecular formula is C22H33N3OS. The molecule has 0 fully saturated rings. The Morgan fingerprint density at radius 2 is 1.70 bits per heavy atom. The predicted molar refractivity (Wildman–Crippen MR) is 117 cm³/mol. The van der Waals surface area contributed by atoms with Gasteiger partial charge < -0.3 is 4.74 Å². The minimum atomic E-state index is 0.359. The van der Waals surface area contributed by atoms with E-state index < -0.39 is 0 Å². The second-order valence-corrected chi connectivity index (χ2v) is 7.65. The van der Waals surface area contributed by atoms with Crippen LogP contribution in [0, 0.1) is 0 Å². The van der Waals surface area contributed by atoms with E-state index in [4.69, 9.17) is 17.0 Å². The van der Waals surface area contributed by atoms with Crippen molar-refractivity contribution in [3.8, 4) is 5.75 Å². The van der Waals surface area contributed by atoms with Crippen molar-refractivity contribution in [2.45, 2.75) is 83.5 Å². The highest BCUT2D eigenvalue weighted by Crippen LogP contribution is 2.30. The molecule has 0 saturated carbocycles. The number of thiocarbonyl (C=S) groups is 1. The number of amidine groups is 1. The van der Waals surface area contributed by atoms with E-state index in [0.29, 0.717) is 11.0 Å². The van der Waals surface area contributed by atoms with Gasteiger partial charge in [-0.1, -0.05) is 64.0 Å². The van der Waals surface area contributed by atoms with Crippen molar-refractivity contribution in [3.63, 3.8) is 0 Å². The van der Waals surface area contributed by atoms with E-state index in [1.807, 2.05) is 6.07 Å². The Kier molecular flexibility index (Phi) is 10.2. The molecule has 0 N–H and O–H groups in total. The number of methoxy groups -OCH3 is 1. The van der Waals surface area contributed by atoms with E-state index in [-0.39, 0.29) is 0 Å². The van der Waals surface area contributed by atoms with Crippen molar-refractivity contribution in [3.05, 3.63) is 29.8 Å². The molecule has 1 aliphatic heterocycles. The van der Waals surface area contributed by atoms with Gasteiger partial charge in [0, 0.05) is 6.42 Å². The molecule has 148 valence electrons. The zero-order valence-electron chi connectivity index (χ0n) is 16.8. The molecule has 0 spiro atoms. The first-order chi connectivity index (χ1) is 13.2. The molecule has 0 saturated heterocycles. The second-order valence-electron chi connectivity index (χ2n) is 7.29. The third kappa shape index (κ3) is 8.29. The lowest BCUT2D eigenvalue weighted by Gasteiger charge is -2.18. The molecule has 1 heterocycles. The molecular weight excluding hydrogens is 354 g/mol. The average Bonchev–Trinajstić information content (AvgIpc) is 3.11. The van der Waals surface area contributed by atoms with Crippen LogP contribution in [-0.2, 0) is 0 Å². The molecule has 0 bridgehead atoms. The number of ether oxygens (including phenoxy) is 1. The number of hydrogen-bond donors (Lipinski definition) is 0. The summed E-state index contributed by atoms with van der Waals surface area (Å²) in [7, 11) is 1.73. The summed E-state index contributed by atoms with van der Waals surface area (Å²) >= 11 is 4.95. The quantitative estimate of drug-likeness (QED) is 0.249. The summed E-state index contributed by atoms with van der Waals surface area (Å²) in [6.07, 6.45) is 13.7. The van der Waals surface area contributed by atoms with Crippen LogP contribution in [0.4, 0.5) is 0 Å². The summed E-state index contributed by atoms with van der Waals surface area (Å²) in [6, 6.07) is 8.53. The largest absolute Gasteiger partial charge is 0.497 e. The fourth-order valence-electron chi connectivity index (χ4n) is 3.59. The molecule has 27 heavy (non-hydrogen) atoms. The summed E-state index contributed by atoms with van der Waals surface area (Å²) in [6.45, 7) is 2.27. The van der Waals surface area contributed by atoms with Crippen molar-refractivity contribution < 1.29 is 4.74 Å². The molecule has 0 radical (unpaired) electrons. The van der Waals surface area contributed by atoms with Crippen LogP contribution in [-0.4, -0.2) is 18.1 Å². The molecule has 1 aromatic carbocycles. The number of nitrogens with zero attached hydrogens (tertiary/aromatic N) is 3. The number of unbranched alkanes of at least 4 members (excludes halogenated alkanes) is 6. The Morgan fingerprint density at radius 3 is 2.41 bits per heavy atom. The second kappa shape index (κ2) is 12.7. The van der Waals surface area contributed by atoms with Gasteiger partial charge >= 0.3 is 0 Å². The predicted octanol–water partition coefficient (Wildman–Crippen LogP) is 7.24. The van der Waals surface area contributed by atoms with Crippen LogP contribution in [0.25, 0.3) is 0 Å². The van der Waals surface area contributed by atoms with Crippen LogP contribution in [0.2, 0.25) is 0 Å². The van der Waals surface area contributed by atoms with Gasteiger partial charge in [-0.25, -0.2) is 0 Å². The zero-order valence-corrected chi connectivity index (χ0v) is 17.6. The van der Waals surface area contributed by atoms with Crippen LogP contribution < -0.4 is 4.74 Å². The average molecular weight is 388 g/mol. The maximum atomic E-state index is 5.42. The lowest BCUT2D eigenvalue weighted by Crippen LogP contribution is -2.02. The summed E-state index contributed by atoms with van der Waals surface area (Å²) in [4.78, 5) is 4.19. The number of benzene rings is 1. The molecule has 1 atom stereocenters. The first-order valence-corrected chi connectivity index (χ1v) is 10.8. The summed E-state index contributed by atoms with van der Waals surface area (Å²) in [5, 5.41) is 8.22. The van der Waals surface area contributed by atoms with E-state index in [9.17, 15) is 0 Å². The lowest BCUT2D eigenvalue weighted by atomic mass is 9.88. The Balaban J connectivity index is 1.83. The Bertz CT molecular complexity index is 642. The van der Waals surface area contributed by atoms with Crippen LogP contribution in [0.1, 0.15) is 89.0 Å². The molecule has 1 unspecified atom stereocenters. The van der Waals surface area contributed by atoms with Gasteiger partial charge in [0.25, 0.3) is 0 Å². The SMILES string of the molecule is CCCCCCCCCC(CCCC1=NC(=S)N=N1)c1cccc(OC)c1. The molecule has 2 rings (SSSR count). The molecule has 0 aliphatic carbocycles. The summed E-state index contributed by atoms with van der Waals surface area (Å²) in [5.41, 5.74) is 1.38. The smallest absolute Gasteiger partial charge is 0.241 e. The number of rotatable bonds is 14. The molecule has 0 amide bonds. The standard InChI is InChI=1S/C22H33N3OS/c1-3-4-5-6-7-8-9-12-18(19-14-10-15-20(17-19)26-2)13-11-16-21-23-22(27)25-24-21/h10,14-15,17-18H,3-9,11-13,16H2,1-2H3. The van der Waals surface area contributed by atoms with E-state index in [2.05, 4.69) is 40.3 Å². The Morgan fingerprint density at radius 1 is 0.963 bits per heavy atom. The van der Waals surface area contributed by atoms with Gasteiger partial charge in [-0.05, 0) is 55.1 Å². The Hall–Kier alpha value is -1.62. The van der Waals surface area contributed by atoms with Gasteiger partial charge in [-0.15, -0.1) is 10.2 Å². The molecule has 1 aromatic rings. The van der Waals surface area contributed by atoms with Crippen LogP contribution >= 0.6 is 12.2 Å². The van der Waals surface area contributed by atoms with Gasteiger partial charge in [0.15, 0.2) is 5.84 Å².